The number of hydrogen-bond donors (Lipinski definition) is 1. The molecular formula is C28H39N3O6S. The second-order valence-corrected chi connectivity index (χ2v) is 11.7. The molecular weight excluding hydrogens is 506 g/mol. The van der Waals surface area contributed by atoms with Gasteiger partial charge in [-0.3, -0.25) is 13.9 Å². The van der Waals surface area contributed by atoms with Gasteiger partial charge in [-0.2, -0.15) is 0 Å². The van der Waals surface area contributed by atoms with Crippen LogP contribution in [0.3, 0.4) is 0 Å². The Hall–Kier alpha value is -3.27. The molecule has 0 spiro atoms. The number of hydrogen-bond acceptors (Lipinski definition) is 6. The number of ether oxygens (including phenoxy) is 2. The molecule has 0 fully saturated rings. The number of nitrogens with one attached hydrogen (secondary N) is 1. The molecule has 0 aliphatic carbocycles. The van der Waals surface area contributed by atoms with E-state index in [1.165, 1.54) is 4.31 Å². The Kier molecular flexibility index (Phi) is 10.0. The summed E-state index contributed by atoms with van der Waals surface area (Å²) in [5.74, 6) is 0.630. The summed E-state index contributed by atoms with van der Waals surface area (Å²) in [6.45, 7) is 8.85. The molecule has 3 rings (SSSR count). The van der Waals surface area contributed by atoms with E-state index in [1.807, 2.05) is 45.0 Å². The molecule has 208 valence electrons. The summed E-state index contributed by atoms with van der Waals surface area (Å²) in [6, 6.07) is 12.2. The van der Waals surface area contributed by atoms with Gasteiger partial charge in [0.05, 0.1) is 11.9 Å². The van der Waals surface area contributed by atoms with Crippen molar-refractivity contribution in [3.05, 3.63) is 53.6 Å². The molecule has 0 unspecified atom stereocenters. The summed E-state index contributed by atoms with van der Waals surface area (Å²) in [5, 5.41) is 2.96. The van der Waals surface area contributed by atoms with Crippen LogP contribution < -0.4 is 19.1 Å². The number of aryl methyl sites for hydroxylation is 1. The van der Waals surface area contributed by atoms with Crippen LogP contribution in [0.5, 0.6) is 11.5 Å². The van der Waals surface area contributed by atoms with Gasteiger partial charge in [-0.1, -0.05) is 36.8 Å². The quantitative estimate of drug-likeness (QED) is 0.437. The third-order valence-electron chi connectivity index (χ3n) is 6.61. The maximum absolute atomic E-state index is 13.4. The molecule has 2 aromatic rings. The molecule has 0 saturated heterocycles. The number of sulfonamides is 1. The molecule has 2 atom stereocenters. The summed E-state index contributed by atoms with van der Waals surface area (Å²) < 4.78 is 37.6. The number of nitrogens with zero attached hydrogens (tertiary/aromatic N) is 2. The lowest BCUT2D eigenvalue weighted by Gasteiger charge is -2.30. The minimum absolute atomic E-state index is 0.00408. The highest BCUT2D eigenvalue weighted by molar-refractivity contribution is 7.92. The fourth-order valence-corrected chi connectivity index (χ4v) is 5.09. The zero-order chi connectivity index (χ0) is 27.9. The van der Waals surface area contributed by atoms with Crippen molar-refractivity contribution >= 4 is 27.5 Å². The van der Waals surface area contributed by atoms with Crippen molar-refractivity contribution in [2.75, 3.05) is 30.3 Å². The second-order valence-electron chi connectivity index (χ2n) is 9.77. The zero-order valence-electron chi connectivity index (χ0n) is 22.9. The van der Waals surface area contributed by atoms with Gasteiger partial charge in [-0.25, -0.2) is 8.42 Å². The number of fused-ring (bicyclic) bond motifs is 1. The van der Waals surface area contributed by atoms with Crippen LogP contribution in [0.2, 0.25) is 0 Å². The maximum atomic E-state index is 13.4. The molecule has 1 N–H and O–H groups in total. The van der Waals surface area contributed by atoms with Gasteiger partial charge in [-0.05, 0) is 51.3 Å². The standard InChI is InChI=1S/C28H39N3O6S/c1-6-21(3)29-28(33)22(4)30(19-23-11-9-20(2)10-12-23)27(32)8-7-15-31(38(5,34)35)24-13-14-25-26(18-24)37-17-16-36-25/h9-14,18,21-22H,6-8,15-17,19H2,1-5H3,(H,29,33)/t21-,22-/m1/s1. The lowest BCUT2D eigenvalue weighted by molar-refractivity contribution is -0.140. The van der Waals surface area contributed by atoms with Gasteiger partial charge in [-0.15, -0.1) is 0 Å². The minimum Gasteiger partial charge on any atom is -0.486 e. The van der Waals surface area contributed by atoms with E-state index in [4.69, 9.17) is 9.47 Å². The molecule has 1 heterocycles. The number of benzene rings is 2. The number of anilines is 1. The average Bonchev–Trinajstić information content (AvgIpc) is 2.89. The lowest BCUT2D eigenvalue weighted by atomic mass is 10.1. The molecule has 2 amide bonds. The third kappa shape index (κ3) is 7.86. The van der Waals surface area contributed by atoms with E-state index in [1.54, 1.807) is 30.0 Å². The topological polar surface area (TPSA) is 105 Å². The van der Waals surface area contributed by atoms with Gasteiger partial charge in [0.2, 0.25) is 21.8 Å². The molecule has 1 aliphatic heterocycles. The van der Waals surface area contributed by atoms with Crippen LogP contribution in [0.15, 0.2) is 42.5 Å². The van der Waals surface area contributed by atoms with E-state index in [-0.39, 0.29) is 43.8 Å². The van der Waals surface area contributed by atoms with Gasteiger partial charge < -0.3 is 19.7 Å². The largest absolute Gasteiger partial charge is 0.486 e. The molecule has 10 heteroatoms. The van der Waals surface area contributed by atoms with Crippen LogP contribution in [0, 0.1) is 6.92 Å². The Morgan fingerprint density at radius 1 is 1.03 bits per heavy atom. The first kappa shape index (κ1) is 29.3. The van der Waals surface area contributed by atoms with Crippen LogP contribution >= 0.6 is 0 Å². The normalized spacial score (nSPS) is 14.3. The predicted molar refractivity (Wildman–Crippen MR) is 148 cm³/mol. The molecule has 0 bridgehead atoms. The molecule has 0 saturated carbocycles. The van der Waals surface area contributed by atoms with Gasteiger partial charge in [0.15, 0.2) is 11.5 Å². The van der Waals surface area contributed by atoms with Gasteiger partial charge in [0.1, 0.15) is 19.3 Å². The lowest BCUT2D eigenvalue weighted by Crippen LogP contribution is -2.49. The summed E-state index contributed by atoms with van der Waals surface area (Å²) >= 11 is 0. The summed E-state index contributed by atoms with van der Waals surface area (Å²) in [5.41, 5.74) is 2.47. The van der Waals surface area contributed by atoms with E-state index >= 15 is 0 Å². The van der Waals surface area contributed by atoms with Gasteiger partial charge in [0.25, 0.3) is 0 Å². The first-order valence-electron chi connectivity index (χ1n) is 13.0. The molecule has 0 radical (unpaired) electrons. The fraction of sp³-hybridized carbons (Fsp3) is 0.500. The van der Waals surface area contributed by atoms with Crippen LogP contribution in [0.25, 0.3) is 0 Å². The van der Waals surface area contributed by atoms with Gasteiger partial charge in [0, 0.05) is 31.6 Å². The Labute approximate surface area is 226 Å². The SMILES string of the molecule is CC[C@@H](C)NC(=O)[C@@H](C)N(Cc1ccc(C)cc1)C(=O)CCCN(c1ccc2c(c1)OCCO2)S(C)(=O)=O. The number of carbonyl (C=O) groups is 2. The van der Waals surface area contributed by atoms with Crippen molar-refractivity contribution in [3.8, 4) is 11.5 Å². The number of carbonyl (C=O) groups excluding carboxylic acids is 2. The second kappa shape index (κ2) is 13.0. The average molecular weight is 546 g/mol. The highest BCUT2D eigenvalue weighted by atomic mass is 32.2. The molecule has 38 heavy (non-hydrogen) atoms. The molecule has 0 aromatic heterocycles. The van der Waals surface area contributed by atoms with Gasteiger partial charge >= 0.3 is 0 Å². The van der Waals surface area contributed by atoms with Crippen molar-refractivity contribution in [2.45, 2.75) is 65.6 Å². The van der Waals surface area contributed by atoms with Crippen LogP contribution in [-0.4, -0.2) is 63.2 Å². The summed E-state index contributed by atoms with van der Waals surface area (Å²) in [4.78, 5) is 27.9. The summed E-state index contributed by atoms with van der Waals surface area (Å²) in [7, 11) is -3.61. The van der Waals surface area contributed by atoms with Crippen LogP contribution in [-0.2, 0) is 26.2 Å². The van der Waals surface area contributed by atoms with Crippen molar-refractivity contribution in [2.24, 2.45) is 0 Å². The van der Waals surface area contributed by atoms with Crippen LogP contribution in [0.4, 0.5) is 5.69 Å². The smallest absolute Gasteiger partial charge is 0.242 e. The van der Waals surface area contributed by atoms with Crippen molar-refractivity contribution in [1.82, 2.24) is 10.2 Å². The first-order chi connectivity index (χ1) is 18.0. The van der Waals surface area contributed by atoms with Crippen LogP contribution in [0.1, 0.15) is 51.2 Å². The van der Waals surface area contributed by atoms with E-state index in [0.717, 1.165) is 23.8 Å². The molecule has 9 nitrogen and oxygen atoms in total. The Bertz CT molecular complexity index is 1220. The summed E-state index contributed by atoms with van der Waals surface area (Å²) in [6.07, 6.45) is 2.29. The van der Waals surface area contributed by atoms with E-state index in [0.29, 0.717) is 30.4 Å². The fourth-order valence-electron chi connectivity index (χ4n) is 4.13. The van der Waals surface area contributed by atoms with E-state index in [9.17, 15) is 18.0 Å². The predicted octanol–water partition coefficient (Wildman–Crippen LogP) is 3.64. The highest BCUT2D eigenvalue weighted by Crippen LogP contribution is 2.34. The minimum atomic E-state index is -3.61. The van der Waals surface area contributed by atoms with Crippen molar-refractivity contribution in [1.29, 1.82) is 0 Å². The Morgan fingerprint density at radius 2 is 1.68 bits per heavy atom. The Morgan fingerprint density at radius 3 is 2.32 bits per heavy atom. The third-order valence-corrected chi connectivity index (χ3v) is 7.80. The highest BCUT2D eigenvalue weighted by Gasteiger charge is 2.27. The molecule has 1 aliphatic rings. The monoisotopic (exact) mass is 545 g/mol. The van der Waals surface area contributed by atoms with E-state index in [2.05, 4.69) is 5.32 Å². The van der Waals surface area contributed by atoms with E-state index < -0.39 is 16.1 Å². The van der Waals surface area contributed by atoms with Crippen molar-refractivity contribution in [3.63, 3.8) is 0 Å². The van der Waals surface area contributed by atoms with Crippen molar-refractivity contribution < 1.29 is 27.5 Å². The maximum Gasteiger partial charge on any atom is 0.242 e. The first-order valence-corrected chi connectivity index (χ1v) is 14.9. The molecule has 2 aromatic carbocycles. The zero-order valence-corrected chi connectivity index (χ0v) is 23.7. The Balaban J connectivity index is 1.73. The number of rotatable bonds is 12. The number of amides is 2.